The van der Waals surface area contributed by atoms with E-state index < -0.39 is 0 Å². The zero-order valence-corrected chi connectivity index (χ0v) is 15.7. The van der Waals surface area contributed by atoms with Crippen molar-refractivity contribution >= 4 is 16.8 Å². The van der Waals surface area contributed by atoms with Gasteiger partial charge in [0.05, 0.1) is 30.4 Å². The molecule has 2 aromatic heterocycles. The van der Waals surface area contributed by atoms with E-state index in [0.717, 1.165) is 11.1 Å². The number of carbonyl (C=O) groups excluding carboxylic acids is 1. The summed E-state index contributed by atoms with van der Waals surface area (Å²) in [5.74, 6) is 0.901. The van der Waals surface area contributed by atoms with Crippen LogP contribution < -0.4 is 10.9 Å². The molecular weight excluding hydrogens is 346 g/mol. The molecule has 0 spiro atoms. The van der Waals surface area contributed by atoms with Gasteiger partial charge in [-0.05, 0) is 12.0 Å². The van der Waals surface area contributed by atoms with Crippen LogP contribution >= 0.6 is 0 Å². The van der Waals surface area contributed by atoms with E-state index in [1.54, 1.807) is 19.3 Å². The molecule has 27 heavy (non-hydrogen) atoms. The number of rotatable bonds is 6. The first-order chi connectivity index (χ1) is 13.0. The maximum absolute atomic E-state index is 12.4. The molecule has 8 heteroatoms. The number of nitrogens with one attached hydrogen (secondary N) is 1. The van der Waals surface area contributed by atoms with Crippen molar-refractivity contribution < 1.29 is 9.32 Å². The summed E-state index contributed by atoms with van der Waals surface area (Å²) in [5.41, 5.74) is 0.694. The van der Waals surface area contributed by atoms with Crippen LogP contribution in [-0.2, 0) is 13.1 Å². The average Bonchev–Trinajstić information content (AvgIpc) is 3.12. The first-order valence-corrected chi connectivity index (χ1v) is 8.85. The minimum absolute atomic E-state index is 0.168. The zero-order valence-electron chi connectivity index (χ0n) is 15.7. The van der Waals surface area contributed by atoms with Crippen LogP contribution in [0.3, 0.4) is 0 Å². The summed E-state index contributed by atoms with van der Waals surface area (Å²) in [6, 6.07) is 8.89. The number of amides is 2. The van der Waals surface area contributed by atoms with Gasteiger partial charge in [0.2, 0.25) is 0 Å². The molecule has 3 rings (SSSR count). The van der Waals surface area contributed by atoms with Gasteiger partial charge in [-0.25, -0.2) is 9.48 Å². The minimum atomic E-state index is -0.258. The molecule has 1 N–H and O–H groups in total. The van der Waals surface area contributed by atoms with Gasteiger partial charge in [0, 0.05) is 25.0 Å². The lowest BCUT2D eigenvalue weighted by Crippen LogP contribution is -2.39. The van der Waals surface area contributed by atoms with E-state index in [0.29, 0.717) is 30.8 Å². The molecule has 0 saturated carbocycles. The van der Waals surface area contributed by atoms with Crippen molar-refractivity contribution in [3.05, 3.63) is 58.3 Å². The maximum Gasteiger partial charge on any atom is 0.317 e. The number of hydrogen-bond acceptors (Lipinski definition) is 5. The number of fused-ring (bicyclic) bond motifs is 1. The Labute approximate surface area is 156 Å². The number of urea groups is 1. The van der Waals surface area contributed by atoms with Crippen LogP contribution in [0.15, 0.2) is 45.8 Å². The number of benzene rings is 1. The highest BCUT2D eigenvalue weighted by Crippen LogP contribution is 2.15. The predicted octanol–water partition coefficient (Wildman–Crippen LogP) is 2.35. The van der Waals surface area contributed by atoms with Gasteiger partial charge in [-0.3, -0.25) is 4.79 Å². The normalized spacial score (nSPS) is 11.1. The van der Waals surface area contributed by atoms with E-state index in [9.17, 15) is 9.59 Å². The summed E-state index contributed by atoms with van der Waals surface area (Å²) in [5, 5.41) is 12.3. The fraction of sp³-hybridized carbons (Fsp3) is 0.368. The highest BCUT2D eigenvalue weighted by Gasteiger charge is 2.13. The minimum Gasteiger partial charge on any atom is -0.359 e. The third kappa shape index (κ3) is 4.33. The summed E-state index contributed by atoms with van der Waals surface area (Å²) in [4.78, 5) is 26.1. The van der Waals surface area contributed by atoms with Crippen LogP contribution in [0.2, 0.25) is 0 Å². The van der Waals surface area contributed by atoms with Gasteiger partial charge in [-0.1, -0.05) is 37.2 Å². The average molecular weight is 369 g/mol. The predicted molar refractivity (Wildman–Crippen MR) is 101 cm³/mol. The summed E-state index contributed by atoms with van der Waals surface area (Å²) in [6.45, 7) is 4.96. The molecule has 0 fully saturated rings. The van der Waals surface area contributed by atoms with Gasteiger partial charge < -0.3 is 14.7 Å². The smallest absolute Gasteiger partial charge is 0.317 e. The fourth-order valence-electron chi connectivity index (χ4n) is 2.67. The van der Waals surface area contributed by atoms with Crippen molar-refractivity contribution in [1.29, 1.82) is 0 Å². The Hall–Kier alpha value is -3.16. The molecule has 0 radical (unpaired) electrons. The lowest BCUT2D eigenvalue weighted by molar-refractivity contribution is 0.200. The second-order valence-corrected chi connectivity index (χ2v) is 6.72. The van der Waals surface area contributed by atoms with E-state index >= 15 is 0 Å². The van der Waals surface area contributed by atoms with Crippen molar-refractivity contribution in [3.63, 3.8) is 0 Å². The monoisotopic (exact) mass is 369 g/mol. The third-order valence-corrected chi connectivity index (χ3v) is 4.27. The molecule has 0 atom stereocenters. The largest absolute Gasteiger partial charge is 0.359 e. The highest BCUT2D eigenvalue weighted by molar-refractivity contribution is 5.80. The van der Waals surface area contributed by atoms with Crippen LogP contribution in [0, 0.1) is 0 Å². The fourth-order valence-corrected chi connectivity index (χ4v) is 2.67. The topological polar surface area (TPSA) is 93.3 Å². The lowest BCUT2D eigenvalue weighted by Gasteiger charge is -2.16. The van der Waals surface area contributed by atoms with Crippen molar-refractivity contribution in [3.8, 4) is 0 Å². The number of nitrogens with zero attached hydrogens (tertiary/aromatic N) is 4. The van der Waals surface area contributed by atoms with Gasteiger partial charge in [0.25, 0.3) is 5.56 Å². The van der Waals surface area contributed by atoms with Gasteiger partial charge >= 0.3 is 6.03 Å². The summed E-state index contributed by atoms with van der Waals surface area (Å²) < 4.78 is 6.61. The Bertz CT molecular complexity index is 992. The van der Waals surface area contributed by atoms with Gasteiger partial charge in [-0.2, -0.15) is 5.10 Å². The van der Waals surface area contributed by atoms with E-state index in [1.165, 1.54) is 9.58 Å². The summed E-state index contributed by atoms with van der Waals surface area (Å²) in [6.07, 6.45) is 1.65. The second kappa shape index (κ2) is 8.03. The molecule has 142 valence electrons. The number of hydrogen-bond donors (Lipinski definition) is 1. The first-order valence-electron chi connectivity index (χ1n) is 8.85. The molecule has 2 amide bonds. The maximum atomic E-state index is 12.4. The molecule has 2 heterocycles. The lowest BCUT2D eigenvalue weighted by atomic mass is 10.1. The standard InChI is InChI=1S/C19H23N5O3/c1-13(2)17-10-15(27-22-17)12-23(3)19(26)20-8-9-24-18(25)16-7-5-4-6-14(16)11-21-24/h4-7,10-11,13H,8-9,12H2,1-3H3,(H,20,26). The molecule has 0 saturated heterocycles. The number of aromatic nitrogens is 3. The Morgan fingerprint density at radius 1 is 1.33 bits per heavy atom. The van der Waals surface area contributed by atoms with Crippen molar-refractivity contribution in [2.75, 3.05) is 13.6 Å². The van der Waals surface area contributed by atoms with Gasteiger partial charge in [-0.15, -0.1) is 0 Å². The van der Waals surface area contributed by atoms with Crippen LogP contribution in [0.5, 0.6) is 0 Å². The molecule has 0 unspecified atom stereocenters. The van der Waals surface area contributed by atoms with E-state index in [4.69, 9.17) is 4.52 Å². The summed E-state index contributed by atoms with van der Waals surface area (Å²) >= 11 is 0. The van der Waals surface area contributed by atoms with Crippen molar-refractivity contribution in [1.82, 2.24) is 25.2 Å². The van der Waals surface area contributed by atoms with Crippen molar-refractivity contribution in [2.45, 2.75) is 32.9 Å². The Morgan fingerprint density at radius 3 is 2.85 bits per heavy atom. The van der Waals surface area contributed by atoms with Crippen molar-refractivity contribution in [2.24, 2.45) is 0 Å². The highest BCUT2D eigenvalue weighted by atomic mass is 16.5. The third-order valence-electron chi connectivity index (χ3n) is 4.27. The van der Waals surface area contributed by atoms with E-state index in [-0.39, 0.29) is 17.5 Å². The molecule has 0 aliphatic rings. The second-order valence-electron chi connectivity index (χ2n) is 6.72. The Kier molecular flexibility index (Phi) is 5.54. The Morgan fingerprint density at radius 2 is 2.11 bits per heavy atom. The first kappa shape index (κ1) is 18.6. The molecule has 0 aliphatic carbocycles. The van der Waals surface area contributed by atoms with Crippen LogP contribution in [0.25, 0.3) is 10.8 Å². The van der Waals surface area contributed by atoms with Gasteiger partial charge in [0.1, 0.15) is 0 Å². The number of carbonyl (C=O) groups is 1. The molecular formula is C19H23N5O3. The van der Waals surface area contributed by atoms with E-state index in [2.05, 4.69) is 15.6 Å². The summed E-state index contributed by atoms with van der Waals surface area (Å²) in [7, 11) is 1.67. The molecule has 1 aromatic carbocycles. The molecule has 0 bridgehead atoms. The van der Waals surface area contributed by atoms with E-state index in [1.807, 2.05) is 38.1 Å². The Balaban J connectivity index is 1.54. The quantitative estimate of drug-likeness (QED) is 0.720. The zero-order chi connectivity index (χ0) is 19.4. The van der Waals surface area contributed by atoms with Gasteiger partial charge in [0.15, 0.2) is 5.76 Å². The SMILES string of the molecule is CC(C)c1cc(CN(C)C(=O)NCCn2ncc3ccccc3c2=O)on1. The van der Waals surface area contributed by atoms with Crippen LogP contribution in [-0.4, -0.2) is 39.5 Å². The molecule has 0 aliphatic heterocycles. The van der Waals surface area contributed by atoms with Crippen LogP contribution in [0.1, 0.15) is 31.2 Å². The van der Waals surface area contributed by atoms with Crippen LogP contribution in [0.4, 0.5) is 4.79 Å². The molecule has 3 aromatic rings. The molecule has 8 nitrogen and oxygen atoms in total.